The van der Waals surface area contributed by atoms with Gasteiger partial charge in [0.25, 0.3) is 0 Å². The molecular formula is C23H21N3OS2. The average Bonchev–Trinajstić information content (AvgIpc) is 3.53. The molecule has 4 aromatic rings. The van der Waals surface area contributed by atoms with Gasteiger partial charge in [0.15, 0.2) is 0 Å². The molecule has 0 fully saturated rings. The van der Waals surface area contributed by atoms with Gasteiger partial charge < -0.3 is 4.90 Å². The minimum absolute atomic E-state index is 0.0598. The highest BCUT2D eigenvalue weighted by Gasteiger charge is 2.33. The quantitative estimate of drug-likeness (QED) is 0.451. The fourth-order valence-corrected chi connectivity index (χ4v) is 5.70. The number of aryl methyl sites for hydroxylation is 1. The number of thiophene rings is 2. The third kappa shape index (κ3) is 3.66. The monoisotopic (exact) mass is 419 g/mol. The molecule has 1 atom stereocenters. The molecule has 4 nitrogen and oxygen atoms in total. The maximum absolute atomic E-state index is 13.2. The normalized spacial score (nSPS) is 16.0. The molecule has 0 saturated carbocycles. The van der Waals surface area contributed by atoms with Crippen LogP contribution in [-0.4, -0.2) is 27.1 Å². The van der Waals surface area contributed by atoms with E-state index < -0.39 is 0 Å². The maximum Gasteiger partial charge on any atom is 0.223 e. The Morgan fingerprint density at radius 3 is 2.79 bits per heavy atom. The molecular weight excluding hydrogens is 398 g/mol. The van der Waals surface area contributed by atoms with Crippen LogP contribution < -0.4 is 0 Å². The fraction of sp³-hybridized carbons (Fsp3) is 0.217. The number of para-hydroxylation sites is 1. The summed E-state index contributed by atoms with van der Waals surface area (Å²) in [6.07, 6.45) is 6.04. The Balaban J connectivity index is 1.31. The van der Waals surface area contributed by atoms with Gasteiger partial charge >= 0.3 is 0 Å². The van der Waals surface area contributed by atoms with Gasteiger partial charge in [0.1, 0.15) is 0 Å². The summed E-state index contributed by atoms with van der Waals surface area (Å²) in [5, 5.41) is 8.69. The summed E-state index contributed by atoms with van der Waals surface area (Å²) in [6, 6.07) is 16.5. The Morgan fingerprint density at radius 1 is 1.07 bits per heavy atom. The Bertz CT molecular complexity index is 1100. The van der Waals surface area contributed by atoms with Crippen LogP contribution >= 0.6 is 22.7 Å². The minimum Gasteiger partial charge on any atom is -0.330 e. The number of carbonyl (C=O) groups excluding carboxylic acids is 1. The Kier molecular flexibility index (Phi) is 5.04. The number of aromatic nitrogens is 2. The molecule has 6 heteroatoms. The lowest BCUT2D eigenvalue weighted by molar-refractivity contribution is -0.133. The lowest BCUT2D eigenvalue weighted by Crippen LogP contribution is -2.39. The SMILES string of the molecule is O=C(CCc1cnn(-c2ccccc2)c1)N1CCc2sccc2[C@H]1c1cccs1. The van der Waals surface area contributed by atoms with Crippen LogP contribution in [-0.2, 0) is 17.6 Å². The molecule has 0 aliphatic carbocycles. The fourth-order valence-electron chi connectivity index (χ4n) is 3.94. The summed E-state index contributed by atoms with van der Waals surface area (Å²) in [5.41, 5.74) is 3.42. The van der Waals surface area contributed by atoms with Gasteiger partial charge in [-0.05, 0) is 59.0 Å². The second-order valence-electron chi connectivity index (χ2n) is 7.18. The summed E-state index contributed by atoms with van der Waals surface area (Å²) < 4.78 is 1.87. The van der Waals surface area contributed by atoms with Crippen molar-refractivity contribution in [2.45, 2.75) is 25.3 Å². The van der Waals surface area contributed by atoms with Crippen molar-refractivity contribution in [3.8, 4) is 5.69 Å². The predicted octanol–water partition coefficient (Wildman–Crippen LogP) is 5.10. The van der Waals surface area contributed by atoms with Gasteiger partial charge in [0, 0.05) is 28.9 Å². The molecule has 0 bridgehead atoms. The Hall–Kier alpha value is -2.70. The predicted molar refractivity (Wildman–Crippen MR) is 118 cm³/mol. The van der Waals surface area contributed by atoms with E-state index in [0.29, 0.717) is 12.8 Å². The molecule has 0 unspecified atom stereocenters. The van der Waals surface area contributed by atoms with Gasteiger partial charge in [-0.25, -0.2) is 4.68 Å². The maximum atomic E-state index is 13.2. The van der Waals surface area contributed by atoms with Crippen molar-refractivity contribution in [2.24, 2.45) is 0 Å². The summed E-state index contributed by atoms with van der Waals surface area (Å²) >= 11 is 3.54. The first-order valence-electron chi connectivity index (χ1n) is 9.78. The van der Waals surface area contributed by atoms with Gasteiger partial charge in [-0.3, -0.25) is 4.79 Å². The number of hydrogen-bond acceptors (Lipinski definition) is 4. The lowest BCUT2D eigenvalue weighted by Gasteiger charge is -2.35. The van der Waals surface area contributed by atoms with E-state index in [0.717, 1.165) is 24.2 Å². The van der Waals surface area contributed by atoms with Crippen molar-refractivity contribution >= 4 is 28.6 Å². The highest BCUT2D eigenvalue weighted by molar-refractivity contribution is 7.10. The van der Waals surface area contributed by atoms with E-state index in [1.165, 1.54) is 15.3 Å². The molecule has 1 amide bonds. The van der Waals surface area contributed by atoms with E-state index in [1.54, 1.807) is 22.7 Å². The third-order valence-corrected chi connectivity index (χ3v) is 7.30. The van der Waals surface area contributed by atoms with Crippen molar-refractivity contribution in [2.75, 3.05) is 6.54 Å². The van der Waals surface area contributed by atoms with Crippen LogP contribution in [0.15, 0.2) is 71.7 Å². The van der Waals surface area contributed by atoms with Gasteiger partial charge in [-0.15, -0.1) is 22.7 Å². The lowest BCUT2D eigenvalue weighted by atomic mass is 9.97. The molecule has 0 N–H and O–H groups in total. The van der Waals surface area contributed by atoms with Crippen LogP contribution in [0.1, 0.15) is 33.3 Å². The van der Waals surface area contributed by atoms with Crippen molar-refractivity contribution in [1.82, 2.24) is 14.7 Å². The number of nitrogens with zero attached hydrogens (tertiary/aromatic N) is 3. The number of amides is 1. The first kappa shape index (κ1) is 18.3. The van der Waals surface area contributed by atoms with Gasteiger partial charge in [-0.2, -0.15) is 5.10 Å². The van der Waals surface area contributed by atoms with Gasteiger partial charge in [0.05, 0.1) is 17.9 Å². The summed E-state index contributed by atoms with van der Waals surface area (Å²) in [6.45, 7) is 0.790. The Labute approximate surface area is 178 Å². The van der Waals surface area contributed by atoms with E-state index >= 15 is 0 Å². The molecule has 1 aromatic carbocycles. The van der Waals surface area contributed by atoms with Crippen LogP contribution in [0.25, 0.3) is 5.69 Å². The van der Waals surface area contributed by atoms with Gasteiger partial charge in [0.2, 0.25) is 5.91 Å². The van der Waals surface area contributed by atoms with Crippen molar-refractivity contribution in [3.63, 3.8) is 0 Å². The molecule has 5 rings (SSSR count). The zero-order valence-electron chi connectivity index (χ0n) is 15.9. The molecule has 3 aromatic heterocycles. The molecule has 29 heavy (non-hydrogen) atoms. The molecule has 1 aliphatic heterocycles. The van der Waals surface area contributed by atoms with Gasteiger partial charge in [-0.1, -0.05) is 24.3 Å². The van der Waals surface area contributed by atoms with E-state index in [4.69, 9.17) is 0 Å². The molecule has 0 radical (unpaired) electrons. The second kappa shape index (κ2) is 7.97. The molecule has 0 saturated heterocycles. The largest absolute Gasteiger partial charge is 0.330 e. The van der Waals surface area contributed by atoms with Crippen LogP contribution in [0.4, 0.5) is 0 Å². The number of carbonyl (C=O) groups is 1. The standard InChI is InChI=1S/C23H21N3OS2/c27-22(9-8-17-15-24-26(16-17)18-5-2-1-3-6-18)25-12-10-20-19(11-14-29-20)23(25)21-7-4-13-28-21/h1-7,11,13-16,23H,8-10,12H2/t23-/m0/s1. The van der Waals surface area contributed by atoms with Crippen LogP contribution in [0.5, 0.6) is 0 Å². The minimum atomic E-state index is 0.0598. The van der Waals surface area contributed by atoms with E-state index in [-0.39, 0.29) is 11.9 Å². The average molecular weight is 420 g/mol. The third-order valence-electron chi connectivity index (χ3n) is 5.38. The number of fused-ring (bicyclic) bond motifs is 1. The topological polar surface area (TPSA) is 38.1 Å². The second-order valence-corrected chi connectivity index (χ2v) is 9.16. The zero-order valence-corrected chi connectivity index (χ0v) is 17.5. The highest BCUT2D eigenvalue weighted by atomic mass is 32.1. The number of rotatable bonds is 5. The first-order chi connectivity index (χ1) is 14.3. The van der Waals surface area contributed by atoms with E-state index in [1.807, 2.05) is 47.4 Å². The van der Waals surface area contributed by atoms with Crippen LogP contribution in [0.3, 0.4) is 0 Å². The van der Waals surface area contributed by atoms with E-state index in [2.05, 4.69) is 39.0 Å². The molecule has 4 heterocycles. The van der Waals surface area contributed by atoms with Crippen molar-refractivity contribution < 1.29 is 4.79 Å². The highest BCUT2D eigenvalue weighted by Crippen LogP contribution is 2.39. The van der Waals surface area contributed by atoms with Crippen LogP contribution in [0.2, 0.25) is 0 Å². The van der Waals surface area contributed by atoms with Crippen LogP contribution in [0, 0.1) is 0 Å². The summed E-state index contributed by atoms with van der Waals surface area (Å²) in [7, 11) is 0. The smallest absolute Gasteiger partial charge is 0.223 e. The number of hydrogen-bond donors (Lipinski definition) is 0. The first-order valence-corrected chi connectivity index (χ1v) is 11.5. The number of benzene rings is 1. The molecule has 1 aliphatic rings. The Morgan fingerprint density at radius 2 is 1.97 bits per heavy atom. The van der Waals surface area contributed by atoms with Crippen molar-refractivity contribution in [1.29, 1.82) is 0 Å². The summed E-state index contributed by atoms with van der Waals surface area (Å²) in [5.74, 6) is 0.215. The molecule has 0 spiro atoms. The van der Waals surface area contributed by atoms with Crippen molar-refractivity contribution in [3.05, 3.63) is 92.6 Å². The van der Waals surface area contributed by atoms with E-state index in [9.17, 15) is 4.79 Å². The summed E-state index contributed by atoms with van der Waals surface area (Å²) in [4.78, 5) is 17.9. The zero-order chi connectivity index (χ0) is 19.6. The molecule has 146 valence electrons.